The van der Waals surface area contributed by atoms with E-state index >= 15 is 0 Å². The highest BCUT2D eigenvalue weighted by Gasteiger charge is 2.23. The summed E-state index contributed by atoms with van der Waals surface area (Å²) in [5.41, 5.74) is 1.99. The molecule has 1 amide bonds. The van der Waals surface area contributed by atoms with Crippen LogP contribution in [0.5, 0.6) is 0 Å². The predicted molar refractivity (Wildman–Crippen MR) is 53.3 cm³/mol. The number of amides is 1. The quantitative estimate of drug-likeness (QED) is 0.583. The largest absolute Gasteiger partial charge is 0.306 e. The average molecular weight is 184 g/mol. The summed E-state index contributed by atoms with van der Waals surface area (Å²) in [7, 11) is 0. The van der Waals surface area contributed by atoms with Crippen LogP contribution in [0.4, 0.5) is 0 Å². The molecule has 1 heterocycles. The van der Waals surface area contributed by atoms with Crippen molar-refractivity contribution >= 4 is 11.7 Å². The Morgan fingerprint density at radius 3 is 2.86 bits per heavy atom. The molecule has 3 heteroatoms. The van der Waals surface area contributed by atoms with Gasteiger partial charge in [0.1, 0.15) is 5.84 Å². The summed E-state index contributed by atoms with van der Waals surface area (Å²) in [6.07, 6.45) is 0. The maximum absolute atomic E-state index is 11.3. The average Bonchev–Trinajstić information content (AvgIpc) is 2.43. The molecule has 3 nitrogen and oxygen atoms in total. The standard InChI is InChI=1S/C11H8N2O/c1-2-3-7-4-5-8-9(6-7)11(14)13-10(8)12/h4-6H,1H3,(H2,12,13,14). The van der Waals surface area contributed by atoms with Crippen molar-refractivity contribution in [2.45, 2.75) is 6.92 Å². The number of nitrogens with one attached hydrogen (secondary N) is 2. The van der Waals surface area contributed by atoms with Gasteiger partial charge in [-0.1, -0.05) is 5.92 Å². The first-order chi connectivity index (χ1) is 6.72. The molecule has 0 atom stereocenters. The molecule has 1 aromatic carbocycles. The number of hydrogen-bond acceptors (Lipinski definition) is 2. The SMILES string of the molecule is CC#Cc1ccc2c(c1)C(=O)NC2=N. The highest BCUT2D eigenvalue weighted by molar-refractivity contribution is 6.22. The van der Waals surface area contributed by atoms with Gasteiger partial charge >= 0.3 is 0 Å². The van der Waals surface area contributed by atoms with Crippen molar-refractivity contribution < 1.29 is 4.79 Å². The lowest BCUT2D eigenvalue weighted by molar-refractivity contribution is 0.0983. The molecular formula is C11H8N2O. The Morgan fingerprint density at radius 2 is 2.14 bits per heavy atom. The Balaban J connectivity index is 2.59. The van der Waals surface area contributed by atoms with E-state index in [-0.39, 0.29) is 11.7 Å². The van der Waals surface area contributed by atoms with Crippen LogP contribution < -0.4 is 5.32 Å². The smallest absolute Gasteiger partial charge is 0.257 e. The van der Waals surface area contributed by atoms with Crippen molar-refractivity contribution in [3.05, 3.63) is 34.9 Å². The summed E-state index contributed by atoms with van der Waals surface area (Å²) >= 11 is 0. The molecule has 0 aromatic heterocycles. The Labute approximate surface area is 81.6 Å². The van der Waals surface area contributed by atoms with Crippen molar-refractivity contribution in [3.63, 3.8) is 0 Å². The number of fused-ring (bicyclic) bond motifs is 1. The molecule has 1 aliphatic heterocycles. The first kappa shape index (κ1) is 8.52. The zero-order valence-electron chi connectivity index (χ0n) is 7.64. The second kappa shape index (κ2) is 3.00. The van der Waals surface area contributed by atoms with Gasteiger partial charge in [0.15, 0.2) is 0 Å². The molecule has 2 rings (SSSR count). The maximum atomic E-state index is 11.3. The fourth-order valence-corrected chi connectivity index (χ4v) is 1.42. The van der Waals surface area contributed by atoms with Gasteiger partial charge in [0.2, 0.25) is 0 Å². The number of hydrogen-bond donors (Lipinski definition) is 2. The van der Waals surface area contributed by atoms with Gasteiger partial charge in [0, 0.05) is 11.1 Å². The molecule has 2 N–H and O–H groups in total. The van der Waals surface area contributed by atoms with Crippen LogP contribution in [0, 0.1) is 17.3 Å². The van der Waals surface area contributed by atoms with Crippen LogP contribution in [0.15, 0.2) is 18.2 Å². The van der Waals surface area contributed by atoms with E-state index in [0.717, 1.165) is 5.56 Å². The summed E-state index contributed by atoms with van der Waals surface area (Å²) in [4.78, 5) is 11.3. The van der Waals surface area contributed by atoms with Gasteiger partial charge in [-0.3, -0.25) is 10.2 Å². The molecule has 0 spiro atoms. The van der Waals surface area contributed by atoms with E-state index in [1.54, 1.807) is 19.1 Å². The molecule has 0 radical (unpaired) electrons. The molecule has 0 fully saturated rings. The van der Waals surface area contributed by atoms with Crippen LogP contribution >= 0.6 is 0 Å². The monoisotopic (exact) mass is 184 g/mol. The van der Waals surface area contributed by atoms with E-state index < -0.39 is 0 Å². The van der Waals surface area contributed by atoms with Gasteiger partial charge in [0.05, 0.1) is 5.56 Å². The third kappa shape index (κ3) is 1.17. The third-order valence-electron chi connectivity index (χ3n) is 2.04. The Kier molecular flexibility index (Phi) is 1.83. The summed E-state index contributed by atoms with van der Waals surface area (Å²) < 4.78 is 0. The predicted octanol–water partition coefficient (Wildman–Crippen LogP) is 1.13. The van der Waals surface area contributed by atoms with Gasteiger partial charge in [0.25, 0.3) is 5.91 Å². The number of amidine groups is 1. The highest BCUT2D eigenvalue weighted by Crippen LogP contribution is 2.16. The van der Waals surface area contributed by atoms with E-state index in [0.29, 0.717) is 11.1 Å². The van der Waals surface area contributed by atoms with Gasteiger partial charge in [-0.05, 0) is 25.1 Å². The van der Waals surface area contributed by atoms with Gasteiger partial charge in [-0.2, -0.15) is 0 Å². The van der Waals surface area contributed by atoms with E-state index in [9.17, 15) is 4.79 Å². The highest BCUT2D eigenvalue weighted by atomic mass is 16.2. The van der Waals surface area contributed by atoms with Crippen molar-refractivity contribution in [2.75, 3.05) is 0 Å². The summed E-state index contributed by atoms with van der Waals surface area (Å²) in [6, 6.07) is 5.27. The molecule has 1 aliphatic rings. The normalized spacial score (nSPS) is 12.9. The van der Waals surface area contributed by atoms with E-state index in [2.05, 4.69) is 17.2 Å². The summed E-state index contributed by atoms with van der Waals surface area (Å²) in [5, 5.41) is 9.91. The van der Waals surface area contributed by atoms with Gasteiger partial charge in [-0.15, -0.1) is 5.92 Å². The molecule has 0 unspecified atom stereocenters. The number of rotatable bonds is 0. The Bertz CT molecular complexity index is 492. The lowest BCUT2D eigenvalue weighted by atomic mass is 10.1. The number of carbonyl (C=O) groups is 1. The molecule has 14 heavy (non-hydrogen) atoms. The van der Waals surface area contributed by atoms with E-state index in [1.165, 1.54) is 0 Å². The molecule has 0 saturated carbocycles. The summed E-state index contributed by atoms with van der Waals surface area (Å²) in [5.74, 6) is 5.59. The minimum Gasteiger partial charge on any atom is -0.306 e. The van der Waals surface area contributed by atoms with E-state index in [4.69, 9.17) is 5.41 Å². The number of benzene rings is 1. The lowest BCUT2D eigenvalue weighted by Gasteiger charge is -1.95. The minimum atomic E-state index is -0.218. The zero-order chi connectivity index (χ0) is 10.1. The first-order valence-corrected chi connectivity index (χ1v) is 4.19. The second-order valence-electron chi connectivity index (χ2n) is 2.96. The van der Waals surface area contributed by atoms with Gasteiger partial charge in [-0.25, -0.2) is 0 Å². The van der Waals surface area contributed by atoms with Crippen LogP contribution in [-0.4, -0.2) is 11.7 Å². The van der Waals surface area contributed by atoms with Crippen molar-refractivity contribution in [1.29, 1.82) is 5.41 Å². The second-order valence-corrected chi connectivity index (χ2v) is 2.96. The molecule has 0 bridgehead atoms. The van der Waals surface area contributed by atoms with Crippen molar-refractivity contribution in [3.8, 4) is 11.8 Å². The fourth-order valence-electron chi connectivity index (χ4n) is 1.42. The van der Waals surface area contributed by atoms with E-state index in [1.807, 2.05) is 6.07 Å². The first-order valence-electron chi connectivity index (χ1n) is 4.19. The minimum absolute atomic E-state index is 0.168. The Hall–Kier alpha value is -2.08. The van der Waals surface area contributed by atoms with Crippen LogP contribution in [0.2, 0.25) is 0 Å². The maximum Gasteiger partial charge on any atom is 0.257 e. The van der Waals surface area contributed by atoms with Crippen LogP contribution in [-0.2, 0) is 0 Å². The molecule has 68 valence electrons. The topological polar surface area (TPSA) is 53.0 Å². The molecule has 0 aliphatic carbocycles. The lowest BCUT2D eigenvalue weighted by Crippen LogP contribution is -2.19. The Morgan fingerprint density at radius 1 is 1.36 bits per heavy atom. The zero-order valence-corrected chi connectivity index (χ0v) is 7.64. The molecule has 0 saturated heterocycles. The summed E-state index contributed by atoms with van der Waals surface area (Å²) in [6.45, 7) is 1.75. The molecule has 1 aromatic rings. The molecular weight excluding hydrogens is 176 g/mol. The van der Waals surface area contributed by atoms with Crippen LogP contribution in [0.1, 0.15) is 28.4 Å². The third-order valence-corrected chi connectivity index (χ3v) is 2.04. The van der Waals surface area contributed by atoms with Crippen molar-refractivity contribution in [1.82, 2.24) is 5.32 Å². The van der Waals surface area contributed by atoms with Crippen molar-refractivity contribution in [2.24, 2.45) is 0 Å². The van der Waals surface area contributed by atoms with Gasteiger partial charge < -0.3 is 5.32 Å². The number of carbonyl (C=O) groups excluding carboxylic acids is 1. The fraction of sp³-hybridized carbons (Fsp3) is 0.0909. The van der Waals surface area contributed by atoms with Crippen LogP contribution in [0.25, 0.3) is 0 Å². The van der Waals surface area contributed by atoms with Crippen LogP contribution in [0.3, 0.4) is 0 Å².